The molecule has 3 rings (SSSR count). The maximum atomic E-state index is 12.1. The number of amides is 3. The van der Waals surface area contributed by atoms with Crippen LogP contribution in [-0.2, 0) is 17.8 Å². The number of thioether (sulfide) groups is 1. The van der Waals surface area contributed by atoms with Gasteiger partial charge in [-0.3, -0.25) is 10.1 Å². The van der Waals surface area contributed by atoms with Crippen LogP contribution in [0.5, 0.6) is 0 Å². The second kappa shape index (κ2) is 11.5. The molecule has 0 bridgehead atoms. The zero-order valence-electron chi connectivity index (χ0n) is 17.4. The summed E-state index contributed by atoms with van der Waals surface area (Å²) in [4.78, 5) is 24.1. The van der Waals surface area contributed by atoms with Crippen LogP contribution in [0, 0.1) is 0 Å². The van der Waals surface area contributed by atoms with Crippen molar-refractivity contribution in [1.29, 1.82) is 0 Å². The third-order valence-electron chi connectivity index (χ3n) is 5.02. The minimum Gasteiger partial charge on any atom is -0.337 e. The van der Waals surface area contributed by atoms with E-state index in [0.29, 0.717) is 18.1 Å². The van der Waals surface area contributed by atoms with Crippen molar-refractivity contribution in [1.82, 2.24) is 25.4 Å². The summed E-state index contributed by atoms with van der Waals surface area (Å²) in [5, 5.41) is 14.3. The van der Waals surface area contributed by atoms with E-state index in [1.165, 1.54) is 30.2 Å². The van der Waals surface area contributed by atoms with E-state index in [0.717, 1.165) is 37.2 Å². The smallest absolute Gasteiger partial charge is 0.321 e. The predicted octanol–water partition coefficient (Wildman–Crippen LogP) is 3.70. The molecule has 1 aliphatic rings. The van der Waals surface area contributed by atoms with Gasteiger partial charge in [-0.2, -0.15) is 0 Å². The van der Waals surface area contributed by atoms with Crippen LogP contribution in [0.1, 0.15) is 50.4 Å². The molecule has 0 atom stereocenters. The SMILES string of the molecule is CCn1c(Cc2ccccc2)nnc1SCC(=O)NC(=O)NCCC1=CCCCC1. The van der Waals surface area contributed by atoms with Crippen LogP contribution < -0.4 is 10.6 Å². The van der Waals surface area contributed by atoms with Gasteiger partial charge in [-0.15, -0.1) is 10.2 Å². The van der Waals surface area contributed by atoms with Crippen molar-refractivity contribution >= 4 is 23.7 Å². The van der Waals surface area contributed by atoms with Gasteiger partial charge in [-0.1, -0.05) is 53.7 Å². The standard InChI is InChI=1S/C22H29N5O2S/c1-2-27-19(15-18-11-7-4-8-12-18)25-26-22(27)30-16-20(28)24-21(29)23-14-13-17-9-5-3-6-10-17/h4,7-9,11-12H,2-3,5-6,10,13-16H2,1H3,(H2,23,24,28,29). The first kappa shape index (κ1) is 22.1. The number of rotatable bonds is 9. The van der Waals surface area contributed by atoms with Crippen LogP contribution in [0.4, 0.5) is 4.79 Å². The number of carbonyl (C=O) groups excluding carboxylic acids is 2. The van der Waals surface area contributed by atoms with E-state index in [2.05, 4.69) is 39.0 Å². The highest BCUT2D eigenvalue weighted by Crippen LogP contribution is 2.20. The van der Waals surface area contributed by atoms with Crippen molar-refractivity contribution in [2.24, 2.45) is 0 Å². The fraction of sp³-hybridized carbons (Fsp3) is 0.455. The zero-order chi connectivity index (χ0) is 21.2. The summed E-state index contributed by atoms with van der Waals surface area (Å²) in [6.45, 7) is 3.29. The molecule has 1 heterocycles. The maximum absolute atomic E-state index is 12.1. The van der Waals surface area contributed by atoms with Crippen LogP contribution in [0.15, 0.2) is 47.1 Å². The molecule has 0 aliphatic heterocycles. The molecule has 2 aromatic rings. The number of nitrogens with one attached hydrogen (secondary N) is 2. The Bertz CT molecular complexity index is 879. The van der Waals surface area contributed by atoms with Gasteiger partial charge in [0.1, 0.15) is 5.82 Å². The number of carbonyl (C=O) groups is 2. The molecule has 160 valence electrons. The van der Waals surface area contributed by atoms with E-state index in [-0.39, 0.29) is 11.7 Å². The average Bonchev–Trinajstić information content (AvgIpc) is 3.15. The summed E-state index contributed by atoms with van der Waals surface area (Å²) in [6.07, 6.45) is 8.52. The number of aromatic nitrogens is 3. The van der Waals surface area contributed by atoms with E-state index in [4.69, 9.17) is 0 Å². The van der Waals surface area contributed by atoms with Crippen LogP contribution in [-0.4, -0.2) is 39.0 Å². The lowest BCUT2D eigenvalue weighted by Gasteiger charge is -2.13. The lowest BCUT2D eigenvalue weighted by Crippen LogP contribution is -2.40. The molecule has 1 aromatic heterocycles. The fourth-order valence-corrected chi connectivity index (χ4v) is 4.28. The largest absolute Gasteiger partial charge is 0.337 e. The monoisotopic (exact) mass is 427 g/mol. The van der Waals surface area contributed by atoms with E-state index >= 15 is 0 Å². The van der Waals surface area contributed by atoms with Crippen LogP contribution in [0.3, 0.4) is 0 Å². The molecule has 0 saturated carbocycles. The first-order valence-corrected chi connectivity index (χ1v) is 11.5. The molecule has 30 heavy (non-hydrogen) atoms. The van der Waals surface area contributed by atoms with Crippen molar-refractivity contribution in [2.45, 2.75) is 57.1 Å². The van der Waals surface area contributed by atoms with Gasteiger partial charge in [0, 0.05) is 19.5 Å². The number of hydrogen-bond donors (Lipinski definition) is 2. The summed E-state index contributed by atoms with van der Waals surface area (Å²) < 4.78 is 2.00. The third kappa shape index (κ3) is 6.73. The number of hydrogen-bond acceptors (Lipinski definition) is 5. The average molecular weight is 428 g/mol. The minimum absolute atomic E-state index is 0.113. The van der Waals surface area contributed by atoms with E-state index < -0.39 is 6.03 Å². The highest BCUT2D eigenvalue weighted by atomic mass is 32.2. The third-order valence-corrected chi connectivity index (χ3v) is 5.98. The second-order valence-electron chi connectivity index (χ2n) is 7.26. The molecule has 0 saturated heterocycles. The number of nitrogens with zero attached hydrogens (tertiary/aromatic N) is 3. The number of imide groups is 1. The van der Waals surface area contributed by atoms with Gasteiger partial charge < -0.3 is 9.88 Å². The summed E-state index contributed by atoms with van der Waals surface area (Å²) >= 11 is 1.29. The van der Waals surface area contributed by atoms with Crippen molar-refractivity contribution < 1.29 is 9.59 Å². The van der Waals surface area contributed by atoms with Crippen LogP contribution in [0.2, 0.25) is 0 Å². The van der Waals surface area contributed by atoms with E-state index in [1.807, 2.05) is 29.7 Å². The number of benzene rings is 1. The van der Waals surface area contributed by atoms with Gasteiger partial charge >= 0.3 is 6.03 Å². The molecule has 3 amide bonds. The van der Waals surface area contributed by atoms with Crippen LogP contribution >= 0.6 is 11.8 Å². The van der Waals surface area contributed by atoms with E-state index in [1.54, 1.807) is 0 Å². The zero-order valence-corrected chi connectivity index (χ0v) is 18.2. The Morgan fingerprint density at radius 3 is 2.73 bits per heavy atom. The summed E-state index contributed by atoms with van der Waals surface area (Å²) in [7, 11) is 0. The first-order chi connectivity index (χ1) is 14.7. The Morgan fingerprint density at radius 2 is 2.00 bits per heavy atom. The molecular formula is C22H29N5O2S. The predicted molar refractivity (Wildman–Crippen MR) is 118 cm³/mol. The van der Waals surface area contributed by atoms with E-state index in [9.17, 15) is 9.59 Å². The topological polar surface area (TPSA) is 88.9 Å². The Morgan fingerprint density at radius 1 is 1.17 bits per heavy atom. The second-order valence-corrected chi connectivity index (χ2v) is 8.20. The van der Waals surface area contributed by atoms with Crippen molar-refractivity contribution in [3.05, 3.63) is 53.4 Å². The van der Waals surface area contributed by atoms with Crippen molar-refractivity contribution in [3.8, 4) is 0 Å². The Kier molecular flexibility index (Phi) is 8.50. The highest BCUT2D eigenvalue weighted by Gasteiger charge is 2.15. The number of allylic oxidation sites excluding steroid dienone is 1. The summed E-state index contributed by atoms with van der Waals surface area (Å²) in [5.41, 5.74) is 2.56. The van der Waals surface area contributed by atoms with Crippen LogP contribution in [0.25, 0.3) is 0 Å². The Balaban J connectivity index is 1.42. The minimum atomic E-state index is -0.446. The molecule has 0 spiro atoms. The number of urea groups is 1. The van der Waals surface area contributed by atoms with Crippen molar-refractivity contribution in [2.75, 3.05) is 12.3 Å². The fourth-order valence-electron chi connectivity index (χ4n) is 3.46. The molecule has 1 aliphatic carbocycles. The van der Waals surface area contributed by atoms with Gasteiger partial charge in [-0.05, 0) is 44.6 Å². The summed E-state index contributed by atoms with van der Waals surface area (Å²) in [5.74, 6) is 0.633. The molecule has 2 N–H and O–H groups in total. The first-order valence-electron chi connectivity index (χ1n) is 10.5. The van der Waals surface area contributed by atoms with Gasteiger partial charge in [-0.25, -0.2) is 4.79 Å². The molecule has 0 unspecified atom stereocenters. The summed E-state index contributed by atoms with van der Waals surface area (Å²) in [6, 6.07) is 9.64. The Hall–Kier alpha value is -2.61. The molecule has 8 heteroatoms. The lowest BCUT2D eigenvalue weighted by atomic mass is 9.97. The molecular weight excluding hydrogens is 398 g/mol. The van der Waals surface area contributed by atoms with Gasteiger partial charge in [0.15, 0.2) is 5.16 Å². The highest BCUT2D eigenvalue weighted by molar-refractivity contribution is 7.99. The Labute approximate surface area is 181 Å². The molecule has 7 nitrogen and oxygen atoms in total. The van der Waals surface area contributed by atoms with Gasteiger partial charge in [0.2, 0.25) is 5.91 Å². The lowest BCUT2D eigenvalue weighted by molar-refractivity contribution is -0.117. The molecule has 0 radical (unpaired) electrons. The molecule has 1 aromatic carbocycles. The normalized spacial score (nSPS) is 13.6. The van der Waals surface area contributed by atoms with Gasteiger partial charge in [0.05, 0.1) is 5.75 Å². The maximum Gasteiger partial charge on any atom is 0.321 e. The van der Waals surface area contributed by atoms with Gasteiger partial charge in [0.25, 0.3) is 0 Å². The molecule has 0 fully saturated rings. The quantitative estimate of drug-likeness (QED) is 0.471. The van der Waals surface area contributed by atoms with Crippen molar-refractivity contribution in [3.63, 3.8) is 0 Å².